The van der Waals surface area contributed by atoms with Gasteiger partial charge in [-0.3, -0.25) is 0 Å². The van der Waals surface area contributed by atoms with Crippen LogP contribution < -0.4 is 10.5 Å². The molecule has 0 bridgehead atoms. The van der Waals surface area contributed by atoms with Crippen LogP contribution in [0.1, 0.15) is 25.7 Å². The summed E-state index contributed by atoms with van der Waals surface area (Å²) in [5.74, 6) is 0.779. The monoisotopic (exact) mass is 367 g/mol. The van der Waals surface area contributed by atoms with Gasteiger partial charge in [-0.2, -0.15) is 5.10 Å². The number of nitrogens with zero attached hydrogens (tertiary/aromatic N) is 4. The van der Waals surface area contributed by atoms with Crippen molar-refractivity contribution in [3.63, 3.8) is 0 Å². The van der Waals surface area contributed by atoms with Gasteiger partial charge in [0.15, 0.2) is 5.75 Å². The zero-order valence-electron chi connectivity index (χ0n) is 15.0. The molecule has 0 saturated heterocycles. The Morgan fingerprint density at radius 3 is 2.78 bits per heavy atom. The first-order chi connectivity index (χ1) is 13.2. The Morgan fingerprint density at radius 2 is 1.96 bits per heavy atom. The molecule has 6 nitrogen and oxygen atoms in total. The molecule has 7 heteroatoms. The van der Waals surface area contributed by atoms with E-state index in [2.05, 4.69) is 15.1 Å². The minimum absolute atomic E-state index is 0.320. The van der Waals surface area contributed by atoms with E-state index in [9.17, 15) is 4.39 Å². The molecule has 0 aliphatic heterocycles. The van der Waals surface area contributed by atoms with Crippen LogP contribution in [0.15, 0.2) is 49.2 Å². The second-order valence-corrected chi connectivity index (χ2v) is 6.95. The van der Waals surface area contributed by atoms with Crippen LogP contribution in [0.2, 0.25) is 0 Å². The van der Waals surface area contributed by atoms with Crippen molar-refractivity contribution in [2.75, 3.05) is 6.61 Å². The van der Waals surface area contributed by atoms with Crippen LogP contribution in [0.3, 0.4) is 0 Å². The van der Waals surface area contributed by atoms with Crippen LogP contribution in [0, 0.1) is 11.7 Å². The van der Waals surface area contributed by atoms with Crippen LogP contribution in [-0.2, 0) is 0 Å². The Labute approximate surface area is 157 Å². The highest BCUT2D eigenvalue weighted by Gasteiger charge is 2.20. The molecule has 2 N–H and O–H groups in total. The summed E-state index contributed by atoms with van der Waals surface area (Å²) in [6.07, 6.45) is 10.8. The minimum atomic E-state index is -0.332. The molecule has 1 aliphatic rings. The van der Waals surface area contributed by atoms with Gasteiger partial charge in [0.25, 0.3) is 0 Å². The number of nitrogens with two attached hydrogens (primary N) is 1. The lowest BCUT2D eigenvalue weighted by molar-refractivity contribution is 0.200. The first kappa shape index (κ1) is 17.6. The number of ether oxygens (including phenoxy) is 1. The molecule has 0 unspecified atom stereocenters. The van der Waals surface area contributed by atoms with E-state index in [4.69, 9.17) is 10.5 Å². The van der Waals surface area contributed by atoms with Crippen LogP contribution in [0.5, 0.6) is 5.75 Å². The molecule has 1 fully saturated rings. The standard InChI is InChI=1S/C20H22FN5O/c21-17-3-1-2-4-18(17)26-11-15(9-25-26)20-19(10-23-13-24-20)27-12-14-5-7-16(22)8-6-14/h1-4,9-11,13-14,16H,5-8,12,22H2/t14-,16+. The quantitative estimate of drug-likeness (QED) is 0.748. The van der Waals surface area contributed by atoms with Crippen molar-refractivity contribution in [2.24, 2.45) is 11.7 Å². The molecule has 0 atom stereocenters. The maximum Gasteiger partial charge on any atom is 0.163 e. The van der Waals surface area contributed by atoms with Crippen molar-refractivity contribution in [3.8, 4) is 22.7 Å². The normalized spacial score (nSPS) is 19.8. The SMILES string of the molecule is N[C@H]1CC[C@@H](COc2cncnc2-c2cnn(-c3ccccc3F)c2)CC1. The van der Waals surface area contributed by atoms with Crippen LogP contribution in [-0.4, -0.2) is 32.4 Å². The molecular formula is C20H22FN5O. The van der Waals surface area contributed by atoms with Crippen molar-refractivity contribution in [1.82, 2.24) is 19.7 Å². The highest BCUT2D eigenvalue weighted by Crippen LogP contribution is 2.29. The fourth-order valence-electron chi connectivity index (χ4n) is 3.42. The van der Waals surface area contributed by atoms with Crippen molar-refractivity contribution in [1.29, 1.82) is 0 Å². The van der Waals surface area contributed by atoms with E-state index >= 15 is 0 Å². The number of hydrogen-bond donors (Lipinski definition) is 1. The summed E-state index contributed by atoms with van der Waals surface area (Å²) in [7, 11) is 0. The number of rotatable bonds is 5. The zero-order valence-corrected chi connectivity index (χ0v) is 15.0. The molecule has 4 rings (SSSR count). The van der Waals surface area contributed by atoms with Crippen LogP contribution >= 0.6 is 0 Å². The molecule has 1 aromatic carbocycles. The van der Waals surface area contributed by atoms with Crippen molar-refractivity contribution < 1.29 is 9.13 Å². The third-order valence-corrected chi connectivity index (χ3v) is 5.00. The molecule has 27 heavy (non-hydrogen) atoms. The average molecular weight is 367 g/mol. The fourth-order valence-corrected chi connectivity index (χ4v) is 3.42. The number of hydrogen-bond acceptors (Lipinski definition) is 5. The maximum atomic E-state index is 14.0. The number of halogens is 1. The Bertz CT molecular complexity index is 905. The highest BCUT2D eigenvalue weighted by molar-refractivity contribution is 5.64. The summed E-state index contributed by atoms with van der Waals surface area (Å²) < 4.78 is 21.5. The van der Waals surface area contributed by atoms with Crippen LogP contribution in [0.4, 0.5) is 4.39 Å². The van der Waals surface area contributed by atoms with Gasteiger partial charge in [-0.05, 0) is 43.7 Å². The fraction of sp³-hybridized carbons (Fsp3) is 0.350. The lowest BCUT2D eigenvalue weighted by Crippen LogP contribution is -2.28. The Balaban J connectivity index is 1.52. The number of aromatic nitrogens is 4. The Kier molecular flexibility index (Phi) is 5.11. The van der Waals surface area contributed by atoms with Crippen molar-refractivity contribution in [2.45, 2.75) is 31.7 Å². The predicted octanol–water partition coefficient (Wildman–Crippen LogP) is 3.36. The molecule has 140 valence electrons. The van der Waals surface area contributed by atoms with E-state index in [1.807, 2.05) is 0 Å². The van der Waals surface area contributed by atoms with Crippen LogP contribution in [0.25, 0.3) is 16.9 Å². The predicted molar refractivity (Wildman–Crippen MR) is 100.0 cm³/mol. The summed E-state index contributed by atoms with van der Waals surface area (Å²) in [6, 6.07) is 6.83. The molecule has 1 aliphatic carbocycles. The second kappa shape index (κ2) is 7.84. The van der Waals surface area contributed by atoms with Gasteiger partial charge in [0.2, 0.25) is 0 Å². The van der Waals surface area contributed by atoms with Gasteiger partial charge in [0.05, 0.1) is 19.0 Å². The summed E-state index contributed by atoms with van der Waals surface area (Å²) in [5.41, 5.74) is 7.76. The summed E-state index contributed by atoms with van der Waals surface area (Å²) in [6.45, 7) is 0.620. The first-order valence-corrected chi connectivity index (χ1v) is 9.19. The smallest absolute Gasteiger partial charge is 0.163 e. The molecule has 1 saturated carbocycles. The van der Waals surface area contributed by atoms with E-state index in [1.54, 1.807) is 36.8 Å². The summed E-state index contributed by atoms with van der Waals surface area (Å²) >= 11 is 0. The second-order valence-electron chi connectivity index (χ2n) is 6.95. The van der Waals surface area contributed by atoms with Gasteiger partial charge in [-0.15, -0.1) is 0 Å². The van der Waals surface area contributed by atoms with E-state index in [-0.39, 0.29) is 5.82 Å². The van der Waals surface area contributed by atoms with Gasteiger partial charge < -0.3 is 10.5 Å². The molecule has 0 spiro atoms. The van der Waals surface area contributed by atoms with Gasteiger partial charge in [0.1, 0.15) is 23.5 Å². The largest absolute Gasteiger partial charge is 0.489 e. The molecule has 2 heterocycles. The summed E-state index contributed by atoms with van der Waals surface area (Å²) in [4.78, 5) is 8.43. The molecule has 3 aromatic rings. The van der Waals surface area contributed by atoms with Gasteiger partial charge in [-0.1, -0.05) is 12.1 Å². The van der Waals surface area contributed by atoms with E-state index in [1.165, 1.54) is 17.1 Å². The molecule has 2 aromatic heterocycles. The topological polar surface area (TPSA) is 78.8 Å². The van der Waals surface area contributed by atoms with Crippen molar-refractivity contribution in [3.05, 3.63) is 55.0 Å². The third-order valence-electron chi connectivity index (χ3n) is 5.00. The number of para-hydroxylation sites is 1. The van der Waals surface area contributed by atoms with E-state index < -0.39 is 0 Å². The van der Waals surface area contributed by atoms with Gasteiger partial charge in [-0.25, -0.2) is 19.0 Å². The van der Waals surface area contributed by atoms with E-state index in [0.717, 1.165) is 31.2 Å². The minimum Gasteiger partial charge on any atom is -0.489 e. The first-order valence-electron chi connectivity index (χ1n) is 9.19. The molecule has 0 amide bonds. The lowest BCUT2D eigenvalue weighted by Gasteiger charge is -2.26. The maximum absolute atomic E-state index is 14.0. The molecule has 0 radical (unpaired) electrons. The average Bonchev–Trinajstić information content (AvgIpc) is 3.18. The van der Waals surface area contributed by atoms with E-state index in [0.29, 0.717) is 35.7 Å². The molecular weight excluding hydrogens is 345 g/mol. The third kappa shape index (κ3) is 3.98. The number of benzene rings is 1. The Morgan fingerprint density at radius 1 is 1.15 bits per heavy atom. The lowest BCUT2D eigenvalue weighted by atomic mass is 9.87. The highest BCUT2D eigenvalue weighted by atomic mass is 19.1. The zero-order chi connectivity index (χ0) is 18.6. The van der Waals surface area contributed by atoms with Crippen molar-refractivity contribution >= 4 is 0 Å². The van der Waals surface area contributed by atoms with Gasteiger partial charge >= 0.3 is 0 Å². The van der Waals surface area contributed by atoms with Gasteiger partial charge in [0, 0.05) is 17.8 Å². The summed E-state index contributed by atoms with van der Waals surface area (Å²) in [5, 5.41) is 4.27. The Hall–Kier alpha value is -2.80.